The molecule has 114 valence electrons. The Balaban J connectivity index is 3.22. The highest BCUT2D eigenvalue weighted by Gasteiger charge is 2.38. The van der Waals surface area contributed by atoms with Crippen molar-refractivity contribution in [1.29, 1.82) is 0 Å². The van der Waals surface area contributed by atoms with Crippen LogP contribution in [0.2, 0.25) is 0 Å². The smallest absolute Gasteiger partial charge is 0.308 e. The standard InChI is InChI=1S/C17H28O3/c1-8-14(18)20-17(19)10-12(15(2,3)4)9-13(11-17)16(5,6)7/h9-10,19H,8,11H2,1-7H3. The number of ether oxygens (including phenoxy) is 1. The maximum Gasteiger partial charge on any atom is 0.308 e. The number of allylic oxidation sites excluding steroid dienone is 2. The first-order chi connectivity index (χ1) is 8.87. The summed E-state index contributed by atoms with van der Waals surface area (Å²) in [6, 6.07) is 0. The van der Waals surface area contributed by atoms with Crippen LogP contribution in [-0.4, -0.2) is 16.9 Å². The normalized spacial score (nSPS) is 24.0. The van der Waals surface area contributed by atoms with Gasteiger partial charge in [0.15, 0.2) is 0 Å². The highest BCUT2D eigenvalue weighted by atomic mass is 16.7. The Morgan fingerprint density at radius 1 is 1.25 bits per heavy atom. The third-order valence-corrected chi connectivity index (χ3v) is 3.56. The summed E-state index contributed by atoms with van der Waals surface area (Å²) in [6.45, 7) is 14.3. The van der Waals surface area contributed by atoms with Gasteiger partial charge in [0.2, 0.25) is 5.79 Å². The van der Waals surface area contributed by atoms with Gasteiger partial charge in [0, 0.05) is 12.8 Å². The molecule has 0 bridgehead atoms. The molecule has 0 aromatic carbocycles. The average molecular weight is 280 g/mol. The number of aliphatic hydroxyl groups is 1. The minimum atomic E-state index is -1.52. The molecule has 3 nitrogen and oxygen atoms in total. The molecule has 1 N–H and O–H groups in total. The average Bonchev–Trinajstić information content (AvgIpc) is 2.25. The lowest BCUT2D eigenvalue weighted by Crippen LogP contribution is -2.38. The van der Waals surface area contributed by atoms with E-state index in [1.165, 1.54) is 0 Å². The highest BCUT2D eigenvalue weighted by molar-refractivity contribution is 5.69. The lowest BCUT2D eigenvalue weighted by atomic mass is 9.74. The summed E-state index contributed by atoms with van der Waals surface area (Å²) in [6.07, 6.45) is 4.42. The zero-order chi connectivity index (χ0) is 15.8. The van der Waals surface area contributed by atoms with E-state index in [4.69, 9.17) is 4.74 Å². The zero-order valence-electron chi connectivity index (χ0n) is 13.8. The van der Waals surface area contributed by atoms with Crippen LogP contribution < -0.4 is 0 Å². The van der Waals surface area contributed by atoms with Gasteiger partial charge in [-0.2, -0.15) is 0 Å². The third-order valence-electron chi connectivity index (χ3n) is 3.56. The van der Waals surface area contributed by atoms with E-state index in [-0.39, 0.29) is 23.2 Å². The Morgan fingerprint density at radius 3 is 2.20 bits per heavy atom. The lowest BCUT2D eigenvalue weighted by molar-refractivity contribution is -0.191. The number of hydrogen-bond acceptors (Lipinski definition) is 3. The van der Waals surface area contributed by atoms with Crippen LogP contribution in [0.1, 0.15) is 61.3 Å². The molecule has 1 aliphatic carbocycles. The maximum atomic E-state index is 11.6. The number of carbonyl (C=O) groups excluding carboxylic acids is 1. The van der Waals surface area contributed by atoms with Crippen LogP contribution in [0.25, 0.3) is 0 Å². The fourth-order valence-electron chi connectivity index (χ4n) is 2.10. The molecular weight excluding hydrogens is 252 g/mol. The first-order valence-electron chi connectivity index (χ1n) is 7.26. The molecule has 1 aliphatic rings. The van der Waals surface area contributed by atoms with E-state index in [0.717, 1.165) is 11.1 Å². The van der Waals surface area contributed by atoms with Crippen molar-refractivity contribution in [2.24, 2.45) is 10.8 Å². The molecule has 0 fully saturated rings. The number of hydrogen-bond donors (Lipinski definition) is 1. The van der Waals surface area contributed by atoms with Gasteiger partial charge in [0.05, 0.1) is 0 Å². The van der Waals surface area contributed by atoms with Crippen molar-refractivity contribution in [3.63, 3.8) is 0 Å². The largest absolute Gasteiger partial charge is 0.429 e. The maximum absolute atomic E-state index is 11.6. The van der Waals surface area contributed by atoms with E-state index < -0.39 is 5.79 Å². The molecule has 1 atom stereocenters. The Kier molecular flexibility index (Phi) is 4.55. The number of esters is 1. The Morgan fingerprint density at radius 2 is 1.80 bits per heavy atom. The Hall–Kier alpha value is -1.09. The van der Waals surface area contributed by atoms with Crippen LogP contribution >= 0.6 is 0 Å². The summed E-state index contributed by atoms with van der Waals surface area (Å²) in [4.78, 5) is 11.6. The molecule has 0 spiro atoms. The first kappa shape index (κ1) is 17.0. The van der Waals surface area contributed by atoms with Gasteiger partial charge >= 0.3 is 5.97 Å². The van der Waals surface area contributed by atoms with Crippen molar-refractivity contribution in [2.75, 3.05) is 0 Å². The quantitative estimate of drug-likeness (QED) is 0.615. The van der Waals surface area contributed by atoms with E-state index >= 15 is 0 Å². The summed E-state index contributed by atoms with van der Waals surface area (Å²) in [5.74, 6) is -1.90. The monoisotopic (exact) mass is 280 g/mol. The molecule has 1 unspecified atom stereocenters. The van der Waals surface area contributed by atoms with Gasteiger partial charge in [-0.15, -0.1) is 0 Å². The van der Waals surface area contributed by atoms with Crippen molar-refractivity contribution in [2.45, 2.75) is 67.1 Å². The van der Waals surface area contributed by atoms with Crippen LogP contribution in [0.15, 0.2) is 23.3 Å². The van der Waals surface area contributed by atoms with Crippen molar-refractivity contribution >= 4 is 5.97 Å². The molecule has 0 saturated heterocycles. The minimum Gasteiger partial charge on any atom is -0.429 e. The summed E-state index contributed by atoms with van der Waals surface area (Å²) in [7, 11) is 0. The number of rotatable bonds is 2. The topological polar surface area (TPSA) is 46.5 Å². The van der Waals surface area contributed by atoms with Crippen molar-refractivity contribution in [3.05, 3.63) is 23.3 Å². The van der Waals surface area contributed by atoms with Gasteiger partial charge in [-0.1, -0.05) is 60.1 Å². The van der Waals surface area contributed by atoms with Crippen molar-refractivity contribution in [3.8, 4) is 0 Å². The second-order valence-electron chi connectivity index (χ2n) is 7.62. The first-order valence-corrected chi connectivity index (χ1v) is 7.26. The van der Waals surface area contributed by atoms with Crippen LogP contribution in [0, 0.1) is 10.8 Å². The molecule has 20 heavy (non-hydrogen) atoms. The fourth-order valence-corrected chi connectivity index (χ4v) is 2.10. The molecule has 0 saturated carbocycles. The predicted octanol–water partition coefficient (Wildman–Crippen LogP) is 3.98. The van der Waals surface area contributed by atoms with E-state index in [0.29, 0.717) is 6.42 Å². The molecular formula is C17H28O3. The molecule has 0 heterocycles. The second-order valence-corrected chi connectivity index (χ2v) is 7.62. The van der Waals surface area contributed by atoms with Gasteiger partial charge in [0.25, 0.3) is 0 Å². The van der Waals surface area contributed by atoms with E-state index in [9.17, 15) is 9.90 Å². The molecule has 3 heteroatoms. The van der Waals surface area contributed by atoms with Gasteiger partial charge < -0.3 is 9.84 Å². The van der Waals surface area contributed by atoms with Crippen LogP contribution in [0.5, 0.6) is 0 Å². The lowest BCUT2D eigenvalue weighted by Gasteiger charge is -2.37. The molecule has 0 aliphatic heterocycles. The van der Waals surface area contributed by atoms with E-state index in [1.54, 1.807) is 13.0 Å². The fraction of sp³-hybridized carbons (Fsp3) is 0.706. The highest BCUT2D eigenvalue weighted by Crippen LogP contribution is 2.42. The molecule has 0 aromatic heterocycles. The summed E-state index contributed by atoms with van der Waals surface area (Å²) in [5.41, 5.74) is 1.91. The molecule has 0 amide bonds. The Labute approximate surface area is 122 Å². The SMILES string of the molecule is CCC(=O)OC1(O)C=C(C(C)(C)C)C=C(C(C)(C)C)C1. The van der Waals surface area contributed by atoms with Crippen LogP contribution in [0.3, 0.4) is 0 Å². The molecule has 1 rings (SSSR count). The number of carbonyl (C=O) groups is 1. The minimum absolute atomic E-state index is 0.0721. The Bertz CT molecular complexity index is 444. The van der Waals surface area contributed by atoms with Crippen molar-refractivity contribution in [1.82, 2.24) is 0 Å². The summed E-state index contributed by atoms with van der Waals surface area (Å²) >= 11 is 0. The second kappa shape index (κ2) is 5.36. The van der Waals surface area contributed by atoms with Crippen molar-refractivity contribution < 1.29 is 14.6 Å². The van der Waals surface area contributed by atoms with Gasteiger partial charge in [-0.05, 0) is 22.5 Å². The predicted molar refractivity (Wildman–Crippen MR) is 81.0 cm³/mol. The van der Waals surface area contributed by atoms with Crippen LogP contribution in [0.4, 0.5) is 0 Å². The van der Waals surface area contributed by atoms with Crippen LogP contribution in [-0.2, 0) is 9.53 Å². The molecule has 0 aromatic rings. The van der Waals surface area contributed by atoms with Gasteiger partial charge in [-0.25, -0.2) is 0 Å². The van der Waals surface area contributed by atoms with E-state index in [1.807, 2.05) is 0 Å². The summed E-state index contributed by atoms with van der Waals surface area (Å²) < 4.78 is 5.28. The van der Waals surface area contributed by atoms with Gasteiger partial charge in [-0.3, -0.25) is 4.79 Å². The zero-order valence-corrected chi connectivity index (χ0v) is 13.8. The van der Waals surface area contributed by atoms with E-state index in [2.05, 4.69) is 47.6 Å². The molecule has 0 radical (unpaired) electrons. The summed E-state index contributed by atoms with van der Waals surface area (Å²) in [5, 5.41) is 10.7. The third kappa shape index (κ3) is 4.20. The van der Waals surface area contributed by atoms with Gasteiger partial charge in [0.1, 0.15) is 0 Å².